The molecule has 0 bridgehead atoms. The molecule has 0 amide bonds. The molecule has 1 saturated heterocycles. The zero-order chi connectivity index (χ0) is 11.5. The van der Waals surface area contributed by atoms with Gasteiger partial charge in [-0.3, -0.25) is 4.98 Å². The first-order valence-electron chi connectivity index (χ1n) is 5.41. The highest BCUT2D eigenvalue weighted by atomic mass is 79.9. The Labute approximate surface area is 104 Å². The number of halogens is 1. The Morgan fingerprint density at radius 2 is 2.44 bits per heavy atom. The molecule has 1 fully saturated rings. The van der Waals surface area contributed by atoms with Crippen LogP contribution in [-0.2, 0) is 4.74 Å². The summed E-state index contributed by atoms with van der Waals surface area (Å²) >= 11 is 3.45. The van der Waals surface area contributed by atoms with Gasteiger partial charge in [-0.05, 0) is 29.3 Å². The molecule has 2 heterocycles. The molecule has 16 heavy (non-hydrogen) atoms. The van der Waals surface area contributed by atoms with Crippen molar-refractivity contribution < 1.29 is 4.74 Å². The van der Waals surface area contributed by atoms with Crippen LogP contribution in [0.4, 0.5) is 11.4 Å². The molecule has 0 radical (unpaired) electrons. The molecule has 2 atom stereocenters. The molecule has 4 nitrogen and oxygen atoms in total. The van der Waals surface area contributed by atoms with Crippen molar-refractivity contribution >= 4 is 27.3 Å². The van der Waals surface area contributed by atoms with Crippen molar-refractivity contribution in [2.75, 3.05) is 24.3 Å². The van der Waals surface area contributed by atoms with E-state index in [-0.39, 0.29) is 0 Å². The Hall–Kier alpha value is -0.810. The van der Waals surface area contributed by atoms with E-state index >= 15 is 0 Å². The number of aromatic nitrogens is 1. The molecule has 1 aliphatic heterocycles. The van der Waals surface area contributed by atoms with Gasteiger partial charge in [0.15, 0.2) is 0 Å². The largest absolute Gasteiger partial charge is 0.396 e. The Balaban J connectivity index is 2.07. The van der Waals surface area contributed by atoms with E-state index < -0.39 is 0 Å². The second-order valence-corrected chi connectivity index (χ2v) is 5.00. The maximum Gasteiger partial charge on any atom is 0.0752 e. The highest BCUT2D eigenvalue weighted by Crippen LogP contribution is 2.29. The maximum absolute atomic E-state index is 5.88. The normalized spacial score (nSPS) is 22.0. The minimum Gasteiger partial charge on any atom is -0.396 e. The maximum atomic E-state index is 5.88. The van der Waals surface area contributed by atoms with Crippen LogP contribution in [0.2, 0.25) is 0 Å². The fraction of sp³-hybridized carbons (Fsp3) is 0.545. The first-order chi connectivity index (χ1) is 7.68. The SMILES string of the molecule is CC(Nc1c(N)cncc1Br)C1CCOC1. The van der Waals surface area contributed by atoms with Crippen LogP contribution in [-0.4, -0.2) is 24.2 Å². The third-order valence-electron chi connectivity index (χ3n) is 2.97. The first kappa shape index (κ1) is 11.7. The molecule has 0 saturated carbocycles. The molecule has 3 N–H and O–H groups in total. The Morgan fingerprint density at radius 3 is 3.06 bits per heavy atom. The number of nitrogens with two attached hydrogens (primary N) is 1. The van der Waals surface area contributed by atoms with Gasteiger partial charge in [-0.15, -0.1) is 0 Å². The quantitative estimate of drug-likeness (QED) is 0.894. The van der Waals surface area contributed by atoms with E-state index in [0.717, 1.165) is 29.8 Å². The van der Waals surface area contributed by atoms with Crippen molar-refractivity contribution in [1.29, 1.82) is 0 Å². The molecule has 2 rings (SSSR count). The molecule has 0 spiro atoms. The number of anilines is 2. The van der Waals surface area contributed by atoms with E-state index in [1.54, 1.807) is 12.4 Å². The minimum absolute atomic E-state index is 0.350. The molecular weight excluding hydrogens is 270 g/mol. The van der Waals surface area contributed by atoms with Crippen molar-refractivity contribution in [3.8, 4) is 0 Å². The predicted molar refractivity (Wildman–Crippen MR) is 68.4 cm³/mol. The van der Waals surface area contributed by atoms with Gasteiger partial charge in [0, 0.05) is 24.8 Å². The molecule has 1 aromatic rings. The molecule has 88 valence electrons. The van der Waals surface area contributed by atoms with Gasteiger partial charge in [0.1, 0.15) is 0 Å². The van der Waals surface area contributed by atoms with Gasteiger partial charge in [0.05, 0.1) is 28.7 Å². The zero-order valence-corrected chi connectivity index (χ0v) is 10.8. The van der Waals surface area contributed by atoms with Crippen LogP contribution in [0, 0.1) is 5.92 Å². The van der Waals surface area contributed by atoms with Gasteiger partial charge in [-0.2, -0.15) is 0 Å². The van der Waals surface area contributed by atoms with E-state index in [1.165, 1.54) is 0 Å². The summed E-state index contributed by atoms with van der Waals surface area (Å²) < 4.78 is 6.28. The number of ether oxygens (including phenoxy) is 1. The van der Waals surface area contributed by atoms with Crippen molar-refractivity contribution in [1.82, 2.24) is 4.98 Å². The van der Waals surface area contributed by atoms with Gasteiger partial charge in [-0.1, -0.05) is 0 Å². The molecule has 1 aromatic heterocycles. The standard InChI is InChI=1S/C11H16BrN3O/c1-7(8-2-3-16-6-8)15-11-9(12)4-14-5-10(11)13/h4-5,7-8H,2-3,6,13H2,1H3,(H,14,15). The highest BCUT2D eigenvalue weighted by molar-refractivity contribution is 9.10. The van der Waals surface area contributed by atoms with Gasteiger partial charge in [0.2, 0.25) is 0 Å². The number of nitrogen functional groups attached to an aromatic ring is 1. The van der Waals surface area contributed by atoms with Gasteiger partial charge in [0.25, 0.3) is 0 Å². The zero-order valence-electron chi connectivity index (χ0n) is 9.24. The molecule has 0 aromatic carbocycles. The lowest BCUT2D eigenvalue weighted by Gasteiger charge is -2.22. The van der Waals surface area contributed by atoms with Gasteiger partial charge < -0.3 is 15.8 Å². The minimum atomic E-state index is 0.350. The Morgan fingerprint density at radius 1 is 1.62 bits per heavy atom. The summed E-state index contributed by atoms with van der Waals surface area (Å²) in [6.45, 7) is 3.85. The number of hydrogen-bond acceptors (Lipinski definition) is 4. The fourth-order valence-corrected chi connectivity index (χ4v) is 2.36. The predicted octanol–water partition coefficient (Wildman–Crippen LogP) is 2.26. The summed E-state index contributed by atoms with van der Waals surface area (Å²) in [5, 5.41) is 3.43. The first-order valence-corrected chi connectivity index (χ1v) is 6.21. The molecule has 5 heteroatoms. The summed E-state index contributed by atoms with van der Waals surface area (Å²) in [6.07, 6.45) is 4.51. The van der Waals surface area contributed by atoms with Crippen molar-refractivity contribution in [2.24, 2.45) is 5.92 Å². The van der Waals surface area contributed by atoms with Crippen molar-refractivity contribution in [3.05, 3.63) is 16.9 Å². The lowest BCUT2D eigenvalue weighted by Crippen LogP contribution is -2.26. The van der Waals surface area contributed by atoms with Crippen LogP contribution in [0.1, 0.15) is 13.3 Å². The summed E-state index contributed by atoms with van der Waals surface area (Å²) in [7, 11) is 0. The highest BCUT2D eigenvalue weighted by Gasteiger charge is 2.23. The molecule has 0 aliphatic carbocycles. The lowest BCUT2D eigenvalue weighted by atomic mass is 10.0. The average molecular weight is 286 g/mol. The van der Waals surface area contributed by atoms with Crippen LogP contribution in [0.3, 0.4) is 0 Å². The van der Waals surface area contributed by atoms with E-state index in [2.05, 4.69) is 33.2 Å². The second kappa shape index (κ2) is 5.01. The second-order valence-electron chi connectivity index (χ2n) is 4.14. The smallest absolute Gasteiger partial charge is 0.0752 e. The third-order valence-corrected chi connectivity index (χ3v) is 3.57. The Kier molecular flexibility index (Phi) is 3.66. The van der Waals surface area contributed by atoms with Gasteiger partial charge >= 0.3 is 0 Å². The lowest BCUT2D eigenvalue weighted by molar-refractivity contribution is 0.183. The summed E-state index contributed by atoms with van der Waals surface area (Å²) in [6, 6.07) is 0.350. The molecular formula is C11H16BrN3O. The molecule has 2 unspecified atom stereocenters. The van der Waals surface area contributed by atoms with Crippen LogP contribution < -0.4 is 11.1 Å². The van der Waals surface area contributed by atoms with Crippen molar-refractivity contribution in [3.63, 3.8) is 0 Å². The summed E-state index contributed by atoms with van der Waals surface area (Å²) in [4.78, 5) is 4.01. The van der Waals surface area contributed by atoms with Crippen LogP contribution in [0.5, 0.6) is 0 Å². The topological polar surface area (TPSA) is 60.2 Å². The van der Waals surface area contributed by atoms with Gasteiger partial charge in [-0.25, -0.2) is 0 Å². The third kappa shape index (κ3) is 2.47. The number of nitrogens with one attached hydrogen (secondary N) is 1. The van der Waals surface area contributed by atoms with E-state index in [9.17, 15) is 0 Å². The number of nitrogens with zero attached hydrogens (tertiary/aromatic N) is 1. The fourth-order valence-electron chi connectivity index (χ4n) is 1.89. The summed E-state index contributed by atoms with van der Waals surface area (Å²) in [5.41, 5.74) is 7.47. The number of hydrogen-bond donors (Lipinski definition) is 2. The summed E-state index contributed by atoms with van der Waals surface area (Å²) in [5.74, 6) is 0.555. The number of pyridine rings is 1. The van der Waals surface area contributed by atoms with Crippen LogP contribution in [0.15, 0.2) is 16.9 Å². The molecule has 1 aliphatic rings. The van der Waals surface area contributed by atoms with Crippen LogP contribution in [0.25, 0.3) is 0 Å². The monoisotopic (exact) mass is 285 g/mol. The Bertz CT molecular complexity index is 346. The van der Waals surface area contributed by atoms with E-state index in [4.69, 9.17) is 10.5 Å². The number of rotatable bonds is 3. The van der Waals surface area contributed by atoms with Crippen molar-refractivity contribution in [2.45, 2.75) is 19.4 Å². The van der Waals surface area contributed by atoms with E-state index in [0.29, 0.717) is 17.6 Å². The van der Waals surface area contributed by atoms with E-state index in [1.807, 2.05) is 0 Å². The van der Waals surface area contributed by atoms with Crippen LogP contribution >= 0.6 is 15.9 Å². The average Bonchev–Trinajstić information content (AvgIpc) is 2.76.